The molecule has 1 rings (SSSR count). The van der Waals surface area contributed by atoms with Crippen molar-refractivity contribution in [2.45, 2.75) is 57.6 Å². The van der Waals surface area contributed by atoms with E-state index in [1.165, 1.54) is 0 Å². The van der Waals surface area contributed by atoms with Crippen LogP contribution in [-0.4, -0.2) is 62.3 Å². The maximum absolute atomic E-state index is 9.91. The minimum absolute atomic E-state index is 0.576. The van der Waals surface area contributed by atoms with E-state index >= 15 is 0 Å². The molecule has 6 nitrogen and oxygen atoms in total. The van der Waals surface area contributed by atoms with Gasteiger partial charge in [0.05, 0.1) is 6.10 Å². The molecule has 16 heavy (non-hydrogen) atoms. The molecule has 1 saturated heterocycles. The van der Waals surface area contributed by atoms with Gasteiger partial charge in [-0.25, -0.2) is 0 Å². The predicted molar refractivity (Wildman–Crippen MR) is 54.4 cm³/mol. The molecule has 1 fully saturated rings. The van der Waals surface area contributed by atoms with Gasteiger partial charge in [-0.3, -0.25) is 0 Å². The van der Waals surface area contributed by atoms with Gasteiger partial charge in [0.15, 0.2) is 6.29 Å². The summed E-state index contributed by atoms with van der Waals surface area (Å²) >= 11 is 0. The summed E-state index contributed by atoms with van der Waals surface area (Å²) in [5.41, 5.74) is -0.576. The first-order valence-electron chi connectivity index (χ1n) is 5.22. The van der Waals surface area contributed by atoms with Crippen molar-refractivity contribution in [1.82, 2.24) is 0 Å². The van der Waals surface area contributed by atoms with Gasteiger partial charge in [-0.2, -0.15) is 0 Å². The number of hydrogen-bond donors (Lipinski definition) is 5. The average molecular weight is 236 g/mol. The zero-order valence-corrected chi connectivity index (χ0v) is 9.61. The van der Waals surface area contributed by atoms with E-state index < -0.39 is 42.2 Å². The standard InChI is InChI=1S/C10H20O6/c1-10(2,3)8(14)7-5(12)4(11)6(13)9(15)16-7/h4-9,11-15H,1-3H3/t4-,5-,6+,7-,8?,9-/m0/s1. The molecule has 0 aromatic rings. The summed E-state index contributed by atoms with van der Waals surface area (Å²) < 4.78 is 4.92. The third kappa shape index (κ3) is 2.53. The van der Waals surface area contributed by atoms with Crippen molar-refractivity contribution in [2.75, 3.05) is 0 Å². The summed E-state index contributed by atoms with van der Waals surface area (Å²) in [6.45, 7) is 5.20. The molecule has 0 aromatic heterocycles. The monoisotopic (exact) mass is 236 g/mol. The van der Waals surface area contributed by atoms with Crippen LogP contribution < -0.4 is 0 Å². The van der Waals surface area contributed by atoms with Crippen LogP contribution in [0.15, 0.2) is 0 Å². The van der Waals surface area contributed by atoms with E-state index in [9.17, 15) is 25.5 Å². The third-order valence-electron chi connectivity index (χ3n) is 2.82. The van der Waals surface area contributed by atoms with Crippen LogP contribution >= 0.6 is 0 Å². The van der Waals surface area contributed by atoms with E-state index in [0.29, 0.717) is 0 Å². The zero-order chi connectivity index (χ0) is 12.7. The lowest BCUT2D eigenvalue weighted by molar-refractivity contribution is -0.303. The highest BCUT2D eigenvalue weighted by atomic mass is 16.6. The number of aliphatic hydroxyl groups is 5. The Bertz CT molecular complexity index is 238. The van der Waals surface area contributed by atoms with Crippen molar-refractivity contribution in [3.05, 3.63) is 0 Å². The summed E-state index contributed by atoms with van der Waals surface area (Å²) in [5, 5.41) is 47.6. The topological polar surface area (TPSA) is 110 Å². The van der Waals surface area contributed by atoms with Crippen molar-refractivity contribution in [1.29, 1.82) is 0 Å². The van der Waals surface area contributed by atoms with Crippen LogP contribution in [0.5, 0.6) is 0 Å². The van der Waals surface area contributed by atoms with Gasteiger partial charge in [-0.15, -0.1) is 0 Å². The molecule has 1 aliphatic rings. The smallest absolute Gasteiger partial charge is 0.184 e. The molecule has 0 radical (unpaired) electrons. The summed E-state index contributed by atoms with van der Waals surface area (Å²) in [6.07, 6.45) is -8.36. The molecule has 0 bridgehead atoms. The van der Waals surface area contributed by atoms with Gasteiger partial charge in [0.1, 0.15) is 24.4 Å². The molecule has 96 valence electrons. The number of aliphatic hydroxyl groups excluding tert-OH is 5. The van der Waals surface area contributed by atoms with E-state index in [-0.39, 0.29) is 0 Å². The Kier molecular flexibility index (Phi) is 3.94. The van der Waals surface area contributed by atoms with Crippen molar-refractivity contribution < 1.29 is 30.3 Å². The minimum atomic E-state index is -1.61. The van der Waals surface area contributed by atoms with Gasteiger partial charge < -0.3 is 30.3 Å². The molecule has 5 N–H and O–H groups in total. The van der Waals surface area contributed by atoms with Crippen molar-refractivity contribution in [3.8, 4) is 0 Å². The average Bonchev–Trinajstić information content (AvgIpc) is 2.18. The van der Waals surface area contributed by atoms with Crippen molar-refractivity contribution in [2.24, 2.45) is 5.41 Å². The molecule has 0 amide bonds. The van der Waals surface area contributed by atoms with Crippen molar-refractivity contribution >= 4 is 0 Å². The number of ether oxygens (including phenoxy) is 1. The van der Waals surface area contributed by atoms with Gasteiger partial charge in [0.25, 0.3) is 0 Å². The first-order chi connectivity index (χ1) is 7.16. The Morgan fingerprint density at radius 3 is 1.88 bits per heavy atom. The molecule has 6 atom stereocenters. The van der Waals surface area contributed by atoms with Gasteiger partial charge in [0.2, 0.25) is 0 Å². The van der Waals surface area contributed by atoms with E-state index in [1.54, 1.807) is 20.8 Å². The van der Waals surface area contributed by atoms with Gasteiger partial charge in [0, 0.05) is 0 Å². The Balaban J connectivity index is 2.82. The van der Waals surface area contributed by atoms with E-state index in [1.807, 2.05) is 0 Å². The van der Waals surface area contributed by atoms with Crippen LogP contribution in [0.2, 0.25) is 0 Å². The van der Waals surface area contributed by atoms with Gasteiger partial charge in [-0.05, 0) is 5.41 Å². The Morgan fingerprint density at radius 1 is 0.938 bits per heavy atom. The molecule has 0 spiro atoms. The second-order valence-corrected chi connectivity index (χ2v) is 5.27. The highest BCUT2D eigenvalue weighted by molar-refractivity contribution is 4.95. The summed E-state index contributed by atoms with van der Waals surface area (Å²) in [6, 6.07) is 0. The van der Waals surface area contributed by atoms with E-state index in [4.69, 9.17) is 4.74 Å². The fourth-order valence-electron chi connectivity index (χ4n) is 1.64. The third-order valence-corrected chi connectivity index (χ3v) is 2.82. The molecule has 1 unspecified atom stereocenters. The molecule has 1 aliphatic heterocycles. The Labute approximate surface area is 94.1 Å². The van der Waals surface area contributed by atoms with Crippen LogP contribution in [-0.2, 0) is 4.74 Å². The molecule has 6 heteroatoms. The molecular weight excluding hydrogens is 216 g/mol. The lowest BCUT2D eigenvalue weighted by atomic mass is 9.81. The van der Waals surface area contributed by atoms with Crippen LogP contribution in [0.1, 0.15) is 20.8 Å². The first-order valence-corrected chi connectivity index (χ1v) is 5.22. The minimum Gasteiger partial charge on any atom is -0.390 e. The zero-order valence-electron chi connectivity index (χ0n) is 9.61. The summed E-state index contributed by atoms with van der Waals surface area (Å²) in [4.78, 5) is 0. The second kappa shape index (κ2) is 4.56. The maximum Gasteiger partial charge on any atom is 0.184 e. The Morgan fingerprint density at radius 2 is 1.44 bits per heavy atom. The normalized spacial score (nSPS) is 43.1. The first kappa shape index (κ1) is 13.8. The predicted octanol–water partition coefficient (Wildman–Crippen LogP) is -1.81. The van der Waals surface area contributed by atoms with E-state index in [2.05, 4.69) is 0 Å². The number of hydrogen-bond acceptors (Lipinski definition) is 6. The molecule has 1 heterocycles. The molecule has 0 saturated carbocycles. The Hall–Kier alpha value is -0.240. The molecular formula is C10H20O6. The van der Waals surface area contributed by atoms with Crippen LogP contribution in [0.3, 0.4) is 0 Å². The van der Waals surface area contributed by atoms with E-state index in [0.717, 1.165) is 0 Å². The second-order valence-electron chi connectivity index (χ2n) is 5.27. The summed E-state index contributed by atoms with van der Waals surface area (Å²) in [7, 11) is 0. The molecule has 0 aromatic carbocycles. The lowest BCUT2D eigenvalue weighted by Gasteiger charge is -2.43. The van der Waals surface area contributed by atoms with Gasteiger partial charge >= 0.3 is 0 Å². The quantitative estimate of drug-likeness (QED) is 0.367. The van der Waals surface area contributed by atoms with Crippen LogP contribution in [0, 0.1) is 5.41 Å². The summed E-state index contributed by atoms with van der Waals surface area (Å²) in [5.74, 6) is 0. The highest BCUT2D eigenvalue weighted by Gasteiger charge is 2.48. The molecule has 0 aliphatic carbocycles. The van der Waals surface area contributed by atoms with Gasteiger partial charge in [-0.1, -0.05) is 20.8 Å². The largest absolute Gasteiger partial charge is 0.390 e. The number of rotatable bonds is 1. The fourth-order valence-corrected chi connectivity index (χ4v) is 1.64. The maximum atomic E-state index is 9.91. The fraction of sp³-hybridized carbons (Fsp3) is 1.00. The van der Waals surface area contributed by atoms with Crippen LogP contribution in [0.25, 0.3) is 0 Å². The van der Waals surface area contributed by atoms with Crippen molar-refractivity contribution in [3.63, 3.8) is 0 Å². The lowest BCUT2D eigenvalue weighted by Crippen LogP contribution is -2.62. The SMILES string of the molecule is CC(C)(C)C(O)[C@H]1O[C@H](O)[C@H](O)[C@@H](O)[C@@H]1O. The van der Waals surface area contributed by atoms with Crippen LogP contribution in [0.4, 0.5) is 0 Å². The highest BCUT2D eigenvalue weighted by Crippen LogP contribution is 2.30.